The van der Waals surface area contributed by atoms with E-state index in [9.17, 15) is 4.79 Å². The highest BCUT2D eigenvalue weighted by Gasteiger charge is 2.16. The molecule has 0 saturated heterocycles. The first kappa shape index (κ1) is 10.3. The zero-order chi connectivity index (χ0) is 11.8. The van der Waals surface area contributed by atoms with Crippen LogP contribution in [0.3, 0.4) is 0 Å². The van der Waals surface area contributed by atoms with Gasteiger partial charge in [0.1, 0.15) is 5.69 Å². The second kappa shape index (κ2) is 3.84. The highest BCUT2D eigenvalue weighted by Crippen LogP contribution is 2.23. The first-order chi connectivity index (χ1) is 8.25. The zero-order valence-corrected chi connectivity index (χ0v) is 9.81. The molecule has 0 atom stereocenters. The number of hydrogen-bond donors (Lipinski definition) is 0. The Balaban J connectivity index is 2.00. The molecule has 0 bridgehead atoms. The second-order valence-corrected chi connectivity index (χ2v) is 4.51. The molecule has 3 rings (SSSR count). The van der Waals surface area contributed by atoms with Crippen LogP contribution in [0.15, 0.2) is 30.5 Å². The Labute approximate surface area is 100 Å². The van der Waals surface area contributed by atoms with E-state index in [0.29, 0.717) is 5.69 Å². The standard InChI is InChI=1S/C14H14N2O/c1-16-13(7-8-15-16)14(17)12-6-5-10-3-2-4-11(10)9-12/h5-9H,2-4H2,1H3. The van der Waals surface area contributed by atoms with E-state index in [1.165, 1.54) is 17.5 Å². The van der Waals surface area contributed by atoms with Crippen LogP contribution in [-0.2, 0) is 19.9 Å². The Bertz CT molecular complexity index is 584. The lowest BCUT2D eigenvalue weighted by atomic mass is 10.0. The maximum Gasteiger partial charge on any atom is 0.211 e. The van der Waals surface area contributed by atoms with E-state index in [1.807, 2.05) is 12.1 Å². The fourth-order valence-corrected chi connectivity index (χ4v) is 2.46. The summed E-state index contributed by atoms with van der Waals surface area (Å²) < 4.78 is 1.62. The predicted molar refractivity (Wildman–Crippen MR) is 65.1 cm³/mol. The lowest BCUT2D eigenvalue weighted by Crippen LogP contribution is -2.08. The number of hydrogen-bond acceptors (Lipinski definition) is 2. The molecule has 0 amide bonds. The summed E-state index contributed by atoms with van der Waals surface area (Å²) in [5, 5.41) is 4.03. The number of aryl methyl sites for hydroxylation is 3. The van der Waals surface area contributed by atoms with Gasteiger partial charge in [-0.3, -0.25) is 9.48 Å². The van der Waals surface area contributed by atoms with Crippen LogP contribution in [-0.4, -0.2) is 15.6 Å². The molecule has 0 fully saturated rings. The van der Waals surface area contributed by atoms with Crippen LogP contribution in [0.1, 0.15) is 33.6 Å². The van der Waals surface area contributed by atoms with E-state index < -0.39 is 0 Å². The molecule has 1 aliphatic rings. The fourth-order valence-electron chi connectivity index (χ4n) is 2.46. The maximum absolute atomic E-state index is 12.3. The van der Waals surface area contributed by atoms with Crippen molar-refractivity contribution in [3.05, 3.63) is 52.8 Å². The number of nitrogens with zero attached hydrogens (tertiary/aromatic N) is 2. The van der Waals surface area contributed by atoms with Crippen molar-refractivity contribution in [1.82, 2.24) is 9.78 Å². The number of benzene rings is 1. The van der Waals surface area contributed by atoms with E-state index in [2.05, 4.69) is 11.2 Å². The van der Waals surface area contributed by atoms with Gasteiger partial charge in [-0.1, -0.05) is 12.1 Å². The van der Waals surface area contributed by atoms with Crippen molar-refractivity contribution in [3.8, 4) is 0 Å². The Morgan fingerprint density at radius 2 is 2.06 bits per heavy atom. The van der Waals surface area contributed by atoms with Crippen LogP contribution in [0.5, 0.6) is 0 Å². The van der Waals surface area contributed by atoms with Crippen LogP contribution in [0, 0.1) is 0 Å². The van der Waals surface area contributed by atoms with Crippen molar-refractivity contribution in [2.75, 3.05) is 0 Å². The maximum atomic E-state index is 12.3. The van der Waals surface area contributed by atoms with E-state index >= 15 is 0 Å². The van der Waals surface area contributed by atoms with Gasteiger partial charge in [0.2, 0.25) is 5.78 Å². The lowest BCUT2D eigenvalue weighted by molar-refractivity contribution is 0.103. The van der Waals surface area contributed by atoms with Crippen molar-refractivity contribution in [2.45, 2.75) is 19.3 Å². The summed E-state index contributed by atoms with van der Waals surface area (Å²) >= 11 is 0. The third-order valence-corrected chi connectivity index (χ3v) is 3.41. The third kappa shape index (κ3) is 1.68. The van der Waals surface area contributed by atoms with E-state index in [4.69, 9.17) is 0 Å². The number of aromatic nitrogens is 2. The lowest BCUT2D eigenvalue weighted by Gasteiger charge is -2.04. The van der Waals surface area contributed by atoms with Crippen molar-refractivity contribution >= 4 is 5.78 Å². The second-order valence-electron chi connectivity index (χ2n) is 4.51. The summed E-state index contributed by atoms with van der Waals surface area (Å²) in [5.74, 6) is 0.0553. The summed E-state index contributed by atoms with van der Waals surface area (Å²) in [6.07, 6.45) is 5.11. The fraction of sp³-hybridized carbons (Fsp3) is 0.286. The van der Waals surface area contributed by atoms with Gasteiger partial charge in [0.15, 0.2) is 0 Å². The molecule has 2 aromatic rings. The largest absolute Gasteiger partial charge is 0.287 e. The average molecular weight is 226 g/mol. The predicted octanol–water partition coefficient (Wildman–Crippen LogP) is 2.14. The van der Waals surface area contributed by atoms with Crippen molar-refractivity contribution in [1.29, 1.82) is 0 Å². The molecule has 0 N–H and O–H groups in total. The summed E-state index contributed by atoms with van der Waals surface area (Å²) in [6, 6.07) is 7.82. The molecule has 86 valence electrons. The van der Waals surface area contributed by atoms with Crippen molar-refractivity contribution in [3.63, 3.8) is 0 Å². The van der Waals surface area contributed by atoms with Crippen LogP contribution < -0.4 is 0 Å². The first-order valence-electron chi connectivity index (χ1n) is 5.90. The average Bonchev–Trinajstić information content (AvgIpc) is 2.95. The SMILES string of the molecule is Cn1nccc1C(=O)c1ccc2c(c1)CCC2. The monoisotopic (exact) mass is 226 g/mol. The highest BCUT2D eigenvalue weighted by molar-refractivity contribution is 6.08. The van der Waals surface area contributed by atoms with Gasteiger partial charge in [0.25, 0.3) is 0 Å². The summed E-state index contributed by atoms with van der Waals surface area (Å²) in [5.41, 5.74) is 4.14. The number of fused-ring (bicyclic) bond motifs is 1. The Morgan fingerprint density at radius 1 is 1.24 bits per heavy atom. The minimum Gasteiger partial charge on any atom is -0.287 e. The minimum absolute atomic E-state index is 0.0553. The normalized spacial score (nSPS) is 13.7. The van der Waals surface area contributed by atoms with E-state index in [-0.39, 0.29) is 5.78 Å². The number of carbonyl (C=O) groups is 1. The molecular formula is C14H14N2O. The Kier molecular flexibility index (Phi) is 2.32. The minimum atomic E-state index is 0.0553. The van der Waals surface area contributed by atoms with E-state index in [1.54, 1.807) is 24.0 Å². The summed E-state index contributed by atoms with van der Waals surface area (Å²) in [7, 11) is 1.79. The number of carbonyl (C=O) groups excluding carboxylic acids is 1. The zero-order valence-electron chi connectivity index (χ0n) is 9.81. The molecule has 1 aliphatic carbocycles. The molecule has 1 heterocycles. The van der Waals surface area contributed by atoms with E-state index in [0.717, 1.165) is 18.4 Å². The van der Waals surface area contributed by atoms with Crippen molar-refractivity contribution < 1.29 is 4.79 Å². The number of rotatable bonds is 2. The molecule has 3 nitrogen and oxygen atoms in total. The van der Waals surface area contributed by atoms with Gasteiger partial charge in [0.05, 0.1) is 0 Å². The van der Waals surface area contributed by atoms with Gasteiger partial charge < -0.3 is 0 Å². The number of ketones is 1. The molecule has 0 saturated carbocycles. The van der Waals surface area contributed by atoms with Gasteiger partial charge in [-0.2, -0.15) is 5.10 Å². The molecule has 0 radical (unpaired) electrons. The summed E-state index contributed by atoms with van der Waals surface area (Å²) in [4.78, 5) is 12.3. The molecule has 1 aromatic carbocycles. The van der Waals surface area contributed by atoms with Gasteiger partial charge >= 0.3 is 0 Å². The van der Waals surface area contributed by atoms with Crippen LogP contribution in [0.4, 0.5) is 0 Å². The highest BCUT2D eigenvalue weighted by atomic mass is 16.1. The van der Waals surface area contributed by atoms with Gasteiger partial charge in [-0.25, -0.2) is 0 Å². The van der Waals surface area contributed by atoms with Gasteiger partial charge in [0, 0.05) is 18.8 Å². The van der Waals surface area contributed by atoms with Crippen LogP contribution >= 0.6 is 0 Å². The Morgan fingerprint density at radius 3 is 2.82 bits per heavy atom. The smallest absolute Gasteiger partial charge is 0.211 e. The van der Waals surface area contributed by atoms with Gasteiger partial charge in [-0.15, -0.1) is 0 Å². The van der Waals surface area contributed by atoms with Crippen molar-refractivity contribution in [2.24, 2.45) is 7.05 Å². The molecule has 0 aliphatic heterocycles. The van der Waals surface area contributed by atoms with Crippen LogP contribution in [0.2, 0.25) is 0 Å². The molecule has 17 heavy (non-hydrogen) atoms. The van der Waals surface area contributed by atoms with Crippen LogP contribution in [0.25, 0.3) is 0 Å². The molecular weight excluding hydrogens is 212 g/mol. The molecule has 1 aromatic heterocycles. The molecule has 3 heteroatoms. The van der Waals surface area contributed by atoms with Gasteiger partial charge in [-0.05, 0) is 42.5 Å². The third-order valence-electron chi connectivity index (χ3n) is 3.41. The molecule has 0 unspecified atom stereocenters. The topological polar surface area (TPSA) is 34.9 Å². The Hall–Kier alpha value is -1.90. The quantitative estimate of drug-likeness (QED) is 0.735. The summed E-state index contributed by atoms with van der Waals surface area (Å²) in [6.45, 7) is 0. The molecule has 0 spiro atoms. The first-order valence-corrected chi connectivity index (χ1v) is 5.90.